The molecule has 4 unspecified atom stereocenters. The quantitative estimate of drug-likeness (QED) is 0.870. The highest BCUT2D eigenvalue weighted by Crippen LogP contribution is 2.52. The summed E-state index contributed by atoms with van der Waals surface area (Å²) in [7, 11) is 0. The van der Waals surface area contributed by atoms with Crippen LogP contribution in [0, 0.1) is 31.6 Å². The molecule has 0 saturated heterocycles. The Morgan fingerprint density at radius 2 is 2.17 bits per heavy atom. The monoisotopic (exact) mass is 247 g/mol. The van der Waals surface area contributed by atoms with Gasteiger partial charge in [0.2, 0.25) is 0 Å². The molecule has 18 heavy (non-hydrogen) atoms. The minimum Gasteiger partial charge on any atom is -0.466 e. The summed E-state index contributed by atoms with van der Waals surface area (Å²) in [4.78, 5) is 0. The van der Waals surface area contributed by atoms with E-state index in [1.165, 1.54) is 31.2 Å². The van der Waals surface area contributed by atoms with Crippen molar-refractivity contribution in [3.63, 3.8) is 0 Å². The van der Waals surface area contributed by atoms with Crippen molar-refractivity contribution >= 4 is 0 Å². The number of hydrogen-bond acceptors (Lipinski definition) is 2. The summed E-state index contributed by atoms with van der Waals surface area (Å²) < 4.78 is 5.74. The summed E-state index contributed by atoms with van der Waals surface area (Å²) in [5.74, 6) is 4.96. The van der Waals surface area contributed by atoms with E-state index in [-0.39, 0.29) is 0 Å². The van der Waals surface area contributed by atoms with Gasteiger partial charge in [-0.3, -0.25) is 0 Å². The molecule has 2 saturated carbocycles. The highest BCUT2D eigenvalue weighted by atomic mass is 16.3. The SMILES string of the molecule is CCNC(c1cc(C)oc1C)C1CC2CCC1C2. The first-order valence-electron chi connectivity index (χ1n) is 7.49. The van der Waals surface area contributed by atoms with Crippen molar-refractivity contribution in [2.75, 3.05) is 6.54 Å². The molecule has 1 N–H and O–H groups in total. The molecular weight excluding hydrogens is 222 g/mol. The second-order valence-electron chi connectivity index (χ2n) is 6.24. The van der Waals surface area contributed by atoms with Gasteiger partial charge in [-0.05, 0) is 63.5 Å². The Kier molecular flexibility index (Phi) is 3.23. The Balaban J connectivity index is 1.86. The fraction of sp³-hybridized carbons (Fsp3) is 0.750. The van der Waals surface area contributed by atoms with E-state index in [4.69, 9.17) is 4.42 Å². The maximum absolute atomic E-state index is 5.74. The van der Waals surface area contributed by atoms with Crippen LogP contribution in [-0.2, 0) is 0 Å². The summed E-state index contributed by atoms with van der Waals surface area (Å²) in [5.41, 5.74) is 1.41. The van der Waals surface area contributed by atoms with Gasteiger partial charge in [0.05, 0.1) is 0 Å². The number of rotatable bonds is 4. The van der Waals surface area contributed by atoms with Gasteiger partial charge in [-0.1, -0.05) is 13.3 Å². The number of hydrogen-bond donors (Lipinski definition) is 1. The van der Waals surface area contributed by atoms with Crippen LogP contribution in [-0.4, -0.2) is 6.54 Å². The molecule has 0 amide bonds. The fourth-order valence-electron chi connectivity index (χ4n) is 4.37. The fourth-order valence-corrected chi connectivity index (χ4v) is 4.37. The number of aryl methyl sites for hydroxylation is 2. The van der Waals surface area contributed by atoms with E-state index < -0.39 is 0 Å². The lowest BCUT2D eigenvalue weighted by atomic mass is 9.80. The summed E-state index contributed by atoms with van der Waals surface area (Å²) >= 11 is 0. The van der Waals surface area contributed by atoms with Crippen LogP contribution < -0.4 is 5.32 Å². The third-order valence-corrected chi connectivity index (χ3v) is 5.06. The average Bonchev–Trinajstić information content (AvgIpc) is 3.01. The second kappa shape index (κ2) is 4.73. The minimum absolute atomic E-state index is 0.516. The van der Waals surface area contributed by atoms with E-state index in [0.29, 0.717) is 6.04 Å². The molecule has 2 bridgehead atoms. The topological polar surface area (TPSA) is 25.2 Å². The van der Waals surface area contributed by atoms with Gasteiger partial charge >= 0.3 is 0 Å². The van der Waals surface area contributed by atoms with Crippen molar-refractivity contribution in [3.8, 4) is 0 Å². The molecule has 1 aromatic rings. The predicted octanol–water partition coefficient (Wildman–Crippen LogP) is 3.98. The Bertz CT molecular complexity index is 423. The third-order valence-electron chi connectivity index (χ3n) is 5.06. The molecule has 0 aliphatic heterocycles. The van der Waals surface area contributed by atoms with E-state index >= 15 is 0 Å². The van der Waals surface area contributed by atoms with E-state index in [2.05, 4.69) is 32.2 Å². The maximum atomic E-state index is 5.74. The van der Waals surface area contributed by atoms with Crippen molar-refractivity contribution < 1.29 is 4.42 Å². The molecule has 1 aromatic heterocycles. The van der Waals surface area contributed by atoms with Crippen LogP contribution in [0.15, 0.2) is 10.5 Å². The predicted molar refractivity (Wildman–Crippen MR) is 73.5 cm³/mol. The van der Waals surface area contributed by atoms with Crippen LogP contribution >= 0.6 is 0 Å². The van der Waals surface area contributed by atoms with Crippen LogP contribution in [0.25, 0.3) is 0 Å². The molecule has 2 nitrogen and oxygen atoms in total. The van der Waals surface area contributed by atoms with Crippen LogP contribution in [0.2, 0.25) is 0 Å². The van der Waals surface area contributed by atoms with Gasteiger partial charge < -0.3 is 9.73 Å². The number of furan rings is 1. The molecular formula is C16H25NO. The Hall–Kier alpha value is -0.760. The zero-order valence-electron chi connectivity index (χ0n) is 11.8. The first kappa shape index (κ1) is 12.3. The molecule has 4 atom stereocenters. The summed E-state index contributed by atoms with van der Waals surface area (Å²) in [5, 5.41) is 3.72. The lowest BCUT2D eigenvalue weighted by Gasteiger charge is -2.31. The standard InChI is InChI=1S/C16H25NO/c1-4-17-16(14-7-10(2)18-11(14)3)15-9-12-5-6-13(15)8-12/h7,12-13,15-17H,4-6,8-9H2,1-3H3. The lowest BCUT2D eigenvalue weighted by molar-refractivity contribution is 0.251. The molecule has 0 radical (unpaired) electrons. The van der Waals surface area contributed by atoms with Crippen molar-refractivity contribution in [1.82, 2.24) is 5.32 Å². The van der Waals surface area contributed by atoms with E-state index in [9.17, 15) is 0 Å². The third kappa shape index (κ3) is 2.01. The smallest absolute Gasteiger partial charge is 0.105 e. The van der Waals surface area contributed by atoms with Crippen LogP contribution in [0.1, 0.15) is 55.7 Å². The Labute approximate surface area is 110 Å². The van der Waals surface area contributed by atoms with Crippen LogP contribution in [0.3, 0.4) is 0 Å². The van der Waals surface area contributed by atoms with E-state index in [1.54, 1.807) is 0 Å². The average molecular weight is 247 g/mol. The molecule has 2 aliphatic rings. The maximum Gasteiger partial charge on any atom is 0.105 e. The normalized spacial score (nSPS) is 32.1. The number of fused-ring (bicyclic) bond motifs is 2. The van der Waals surface area contributed by atoms with Gasteiger partial charge in [-0.15, -0.1) is 0 Å². The van der Waals surface area contributed by atoms with Gasteiger partial charge in [-0.2, -0.15) is 0 Å². The molecule has 2 aliphatic carbocycles. The largest absolute Gasteiger partial charge is 0.466 e. The lowest BCUT2D eigenvalue weighted by Crippen LogP contribution is -2.31. The molecule has 2 fully saturated rings. The second-order valence-corrected chi connectivity index (χ2v) is 6.24. The zero-order chi connectivity index (χ0) is 12.7. The van der Waals surface area contributed by atoms with Crippen molar-refractivity contribution in [3.05, 3.63) is 23.2 Å². The molecule has 2 heteroatoms. The van der Waals surface area contributed by atoms with Crippen molar-refractivity contribution in [2.45, 2.75) is 52.5 Å². The molecule has 1 heterocycles. The van der Waals surface area contributed by atoms with Crippen LogP contribution in [0.5, 0.6) is 0 Å². The van der Waals surface area contributed by atoms with Gasteiger partial charge in [-0.25, -0.2) is 0 Å². The Morgan fingerprint density at radius 1 is 1.33 bits per heavy atom. The van der Waals surface area contributed by atoms with Crippen molar-refractivity contribution in [2.24, 2.45) is 17.8 Å². The molecule has 100 valence electrons. The molecule has 3 rings (SSSR count). The van der Waals surface area contributed by atoms with Gasteiger partial charge in [0.1, 0.15) is 11.5 Å². The van der Waals surface area contributed by atoms with Crippen molar-refractivity contribution in [1.29, 1.82) is 0 Å². The van der Waals surface area contributed by atoms with Gasteiger partial charge in [0.15, 0.2) is 0 Å². The summed E-state index contributed by atoms with van der Waals surface area (Å²) in [6, 6.07) is 2.76. The Morgan fingerprint density at radius 3 is 2.67 bits per heavy atom. The summed E-state index contributed by atoms with van der Waals surface area (Å²) in [6.45, 7) is 7.42. The first-order valence-corrected chi connectivity index (χ1v) is 7.49. The molecule has 0 aromatic carbocycles. The highest BCUT2D eigenvalue weighted by Gasteiger charge is 2.43. The minimum atomic E-state index is 0.516. The molecule has 0 spiro atoms. The van der Waals surface area contributed by atoms with Crippen LogP contribution in [0.4, 0.5) is 0 Å². The number of nitrogens with one attached hydrogen (secondary N) is 1. The van der Waals surface area contributed by atoms with E-state index in [0.717, 1.165) is 35.8 Å². The van der Waals surface area contributed by atoms with E-state index in [1.807, 2.05) is 0 Å². The zero-order valence-corrected chi connectivity index (χ0v) is 11.8. The highest BCUT2D eigenvalue weighted by molar-refractivity contribution is 5.25. The summed E-state index contributed by atoms with van der Waals surface area (Å²) in [6.07, 6.45) is 5.82. The van der Waals surface area contributed by atoms with Gasteiger partial charge in [0, 0.05) is 11.6 Å². The van der Waals surface area contributed by atoms with Gasteiger partial charge in [0.25, 0.3) is 0 Å². The first-order chi connectivity index (χ1) is 8.69.